The Morgan fingerprint density at radius 2 is 1.85 bits per heavy atom. The number of aliphatic hydroxyl groups is 1. The van der Waals surface area contributed by atoms with Gasteiger partial charge in [0.2, 0.25) is 0 Å². The van der Waals surface area contributed by atoms with Gasteiger partial charge in [-0.1, -0.05) is 51.5 Å². The van der Waals surface area contributed by atoms with Crippen molar-refractivity contribution in [3.05, 3.63) is 35.4 Å². The molecule has 0 saturated heterocycles. The molecule has 0 amide bonds. The largest absolute Gasteiger partial charge is 0.396 e. The molecule has 0 fully saturated rings. The maximum atomic E-state index is 8.93. The quantitative estimate of drug-likeness (QED) is 0.712. The van der Waals surface area contributed by atoms with Gasteiger partial charge in [-0.2, -0.15) is 0 Å². The van der Waals surface area contributed by atoms with Crippen LogP contribution >= 0.6 is 0 Å². The Balaban J connectivity index is 2.47. The van der Waals surface area contributed by atoms with Crippen LogP contribution in [0.25, 0.3) is 0 Å². The van der Waals surface area contributed by atoms with Gasteiger partial charge in [0.25, 0.3) is 0 Å². The van der Waals surface area contributed by atoms with Crippen LogP contribution in [0.2, 0.25) is 0 Å². The van der Waals surface area contributed by atoms with Gasteiger partial charge in [-0.15, -0.1) is 0 Å². The Morgan fingerprint density at radius 1 is 1.20 bits per heavy atom. The van der Waals surface area contributed by atoms with Crippen LogP contribution in [0.4, 0.5) is 0 Å². The van der Waals surface area contributed by atoms with E-state index in [0.29, 0.717) is 6.04 Å². The summed E-state index contributed by atoms with van der Waals surface area (Å²) in [7, 11) is 0. The second kappa shape index (κ2) is 8.43. The molecule has 1 rings (SSSR count). The third-order valence-corrected chi connectivity index (χ3v) is 3.92. The third-order valence-electron chi connectivity index (χ3n) is 3.92. The molecule has 2 nitrogen and oxygen atoms in total. The molecule has 1 aromatic rings. The molecule has 0 bridgehead atoms. The van der Waals surface area contributed by atoms with Gasteiger partial charge < -0.3 is 10.4 Å². The fourth-order valence-electron chi connectivity index (χ4n) is 2.45. The van der Waals surface area contributed by atoms with Gasteiger partial charge in [-0.3, -0.25) is 0 Å². The lowest BCUT2D eigenvalue weighted by molar-refractivity contribution is 0.233. The van der Waals surface area contributed by atoms with Crippen LogP contribution in [0.3, 0.4) is 0 Å². The van der Waals surface area contributed by atoms with Gasteiger partial charge in [0, 0.05) is 19.2 Å². The standard InChI is InChI=1S/C18H31NO/c1-5-7-16-8-10-17(11-9-16)15(2)19-14-18(3,4)12-6-13-20/h8-11,15,19-20H,5-7,12-14H2,1-4H3. The number of rotatable bonds is 9. The van der Waals surface area contributed by atoms with Crippen molar-refractivity contribution in [2.75, 3.05) is 13.2 Å². The molecule has 0 aliphatic heterocycles. The summed E-state index contributed by atoms with van der Waals surface area (Å²) in [5.74, 6) is 0. The summed E-state index contributed by atoms with van der Waals surface area (Å²) in [5.41, 5.74) is 3.01. The number of benzene rings is 1. The van der Waals surface area contributed by atoms with Gasteiger partial charge in [-0.05, 0) is 42.7 Å². The highest BCUT2D eigenvalue weighted by Gasteiger charge is 2.18. The van der Waals surface area contributed by atoms with Crippen molar-refractivity contribution >= 4 is 0 Å². The molecule has 2 heteroatoms. The van der Waals surface area contributed by atoms with Crippen molar-refractivity contribution < 1.29 is 5.11 Å². The second-order valence-electron chi connectivity index (χ2n) is 6.59. The van der Waals surface area contributed by atoms with Crippen LogP contribution in [-0.2, 0) is 6.42 Å². The summed E-state index contributed by atoms with van der Waals surface area (Å²) in [6, 6.07) is 9.34. The zero-order valence-electron chi connectivity index (χ0n) is 13.6. The molecule has 1 atom stereocenters. The number of hydrogen-bond donors (Lipinski definition) is 2. The van der Waals surface area contributed by atoms with Crippen LogP contribution in [0, 0.1) is 5.41 Å². The summed E-state index contributed by atoms with van der Waals surface area (Å²) in [6.07, 6.45) is 4.30. The van der Waals surface area contributed by atoms with Crippen LogP contribution in [-0.4, -0.2) is 18.3 Å². The second-order valence-corrected chi connectivity index (χ2v) is 6.59. The van der Waals surface area contributed by atoms with E-state index in [1.165, 1.54) is 17.5 Å². The fourth-order valence-corrected chi connectivity index (χ4v) is 2.45. The molecule has 0 saturated carbocycles. The Morgan fingerprint density at radius 3 is 2.40 bits per heavy atom. The molecule has 1 aromatic carbocycles. The van der Waals surface area contributed by atoms with Crippen LogP contribution < -0.4 is 5.32 Å². The van der Waals surface area contributed by atoms with Gasteiger partial charge >= 0.3 is 0 Å². The molecule has 0 aromatic heterocycles. The number of hydrogen-bond acceptors (Lipinski definition) is 2. The molecule has 2 N–H and O–H groups in total. The number of aliphatic hydroxyl groups excluding tert-OH is 1. The molecular weight excluding hydrogens is 246 g/mol. The topological polar surface area (TPSA) is 32.3 Å². The van der Waals surface area contributed by atoms with E-state index in [4.69, 9.17) is 5.11 Å². The highest BCUT2D eigenvalue weighted by molar-refractivity contribution is 5.24. The first-order chi connectivity index (χ1) is 9.48. The number of aryl methyl sites for hydroxylation is 1. The zero-order valence-corrected chi connectivity index (χ0v) is 13.6. The minimum Gasteiger partial charge on any atom is -0.396 e. The van der Waals surface area contributed by atoms with Gasteiger partial charge in [-0.25, -0.2) is 0 Å². The number of nitrogens with one attached hydrogen (secondary N) is 1. The lowest BCUT2D eigenvalue weighted by Gasteiger charge is -2.27. The summed E-state index contributed by atoms with van der Waals surface area (Å²) < 4.78 is 0. The van der Waals surface area contributed by atoms with Crippen molar-refractivity contribution in [2.24, 2.45) is 5.41 Å². The Kier molecular flexibility index (Phi) is 7.25. The van der Waals surface area contributed by atoms with E-state index in [1.54, 1.807) is 0 Å². The predicted octanol–water partition coefficient (Wildman–Crippen LogP) is 4.09. The predicted molar refractivity (Wildman–Crippen MR) is 87.0 cm³/mol. The summed E-state index contributed by atoms with van der Waals surface area (Å²) in [4.78, 5) is 0. The first-order valence-corrected chi connectivity index (χ1v) is 7.91. The molecule has 0 heterocycles. The van der Waals surface area contributed by atoms with Crippen molar-refractivity contribution in [1.82, 2.24) is 5.32 Å². The SMILES string of the molecule is CCCc1ccc(C(C)NCC(C)(C)CCCO)cc1. The first kappa shape index (κ1) is 17.2. The maximum Gasteiger partial charge on any atom is 0.0431 e. The lowest BCUT2D eigenvalue weighted by Crippen LogP contribution is -2.31. The zero-order chi connectivity index (χ0) is 15.0. The summed E-state index contributed by atoms with van der Waals surface area (Å²) in [6.45, 7) is 10.2. The highest BCUT2D eigenvalue weighted by atomic mass is 16.2. The van der Waals surface area contributed by atoms with Crippen LogP contribution in [0.5, 0.6) is 0 Å². The van der Waals surface area contributed by atoms with Crippen molar-refractivity contribution in [1.29, 1.82) is 0 Å². The van der Waals surface area contributed by atoms with E-state index in [9.17, 15) is 0 Å². The van der Waals surface area contributed by atoms with Crippen molar-refractivity contribution in [3.8, 4) is 0 Å². The summed E-state index contributed by atoms with van der Waals surface area (Å²) >= 11 is 0. The Labute approximate surface area is 124 Å². The van der Waals surface area contributed by atoms with Crippen molar-refractivity contribution in [3.63, 3.8) is 0 Å². The molecule has 0 spiro atoms. The summed E-state index contributed by atoms with van der Waals surface area (Å²) in [5, 5.41) is 12.6. The molecule has 0 aliphatic carbocycles. The lowest BCUT2D eigenvalue weighted by atomic mass is 9.87. The van der Waals surface area contributed by atoms with Gasteiger partial charge in [0.15, 0.2) is 0 Å². The van der Waals surface area contributed by atoms with Crippen molar-refractivity contribution in [2.45, 2.75) is 59.4 Å². The van der Waals surface area contributed by atoms with Crippen LogP contribution in [0.15, 0.2) is 24.3 Å². The van der Waals surface area contributed by atoms with E-state index in [-0.39, 0.29) is 12.0 Å². The molecule has 0 aliphatic rings. The highest BCUT2D eigenvalue weighted by Crippen LogP contribution is 2.23. The van der Waals surface area contributed by atoms with E-state index in [0.717, 1.165) is 25.8 Å². The van der Waals surface area contributed by atoms with E-state index >= 15 is 0 Å². The average Bonchev–Trinajstić information content (AvgIpc) is 2.44. The molecule has 1 unspecified atom stereocenters. The molecule has 0 radical (unpaired) electrons. The van der Waals surface area contributed by atoms with Gasteiger partial charge in [0.05, 0.1) is 0 Å². The molecular formula is C18H31NO. The third kappa shape index (κ3) is 6.06. The van der Waals surface area contributed by atoms with Crippen LogP contribution in [0.1, 0.15) is 64.1 Å². The minimum absolute atomic E-state index is 0.235. The van der Waals surface area contributed by atoms with E-state index in [1.807, 2.05) is 0 Å². The first-order valence-electron chi connectivity index (χ1n) is 7.91. The monoisotopic (exact) mass is 277 g/mol. The average molecular weight is 277 g/mol. The van der Waals surface area contributed by atoms with E-state index < -0.39 is 0 Å². The fraction of sp³-hybridized carbons (Fsp3) is 0.667. The molecule has 20 heavy (non-hydrogen) atoms. The minimum atomic E-state index is 0.235. The Hall–Kier alpha value is -0.860. The molecule has 114 valence electrons. The smallest absolute Gasteiger partial charge is 0.0431 e. The maximum absolute atomic E-state index is 8.93. The normalized spacial score (nSPS) is 13.4. The van der Waals surface area contributed by atoms with E-state index in [2.05, 4.69) is 57.3 Å². The Bertz CT molecular complexity index is 370. The van der Waals surface area contributed by atoms with Gasteiger partial charge in [0.1, 0.15) is 0 Å².